The number of piperidine rings is 1. The molecule has 1 unspecified atom stereocenters. The molecule has 0 radical (unpaired) electrons. The van der Waals surface area contributed by atoms with Crippen LogP contribution in [0.25, 0.3) is 0 Å². The first-order valence-electron chi connectivity index (χ1n) is 12.5. The van der Waals surface area contributed by atoms with Gasteiger partial charge in [-0.3, -0.25) is 19.7 Å². The number of benzene rings is 1. The molecule has 2 N–H and O–H groups in total. The van der Waals surface area contributed by atoms with Crippen LogP contribution in [0.15, 0.2) is 39.7 Å². The van der Waals surface area contributed by atoms with Crippen molar-refractivity contribution >= 4 is 29.5 Å². The number of azo groups is 1. The number of carbonyl (C=O) groups excluding carboxylic acids is 3. The Morgan fingerprint density at radius 1 is 1.28 bits per heavy atom. The zero-order valence-corrected chi connectivity index (χ0v) is 21.2. The largest absolute Gasteiger partial charge is 0.386 e. The molecule has 2 saturated heterocycles. The van der Waals surface area contributed by atoms with Crippen molar-refractivity contribution in [3.8, 4) is 0 Å². The van der Waals surface area contributed by atoms with Gasteiger partial charge in [0.1, 0.15) is 11.9 Å². The Bertz CT molecular complexity index is 1110. The van der Waals surface area contributed by atoms with Crippen molar-refractivity contribution in [3.05, 3.63) is 46.4 Å². The monoisotopic (exact) mass is 514 g/mol. The maximum absolute atomic E-state index is 14.8. The standard InChI is InChI=1S/C25H31FN6O3S/c1-31(16-6-9-32(10-7-16)25(35)21-13-36-14-28-21)24(34)18-11-15(4-5-19(18)26)12-20-22-17(3-2-8-27-22)23(33)30-29-20/h4-5,11,16,20-21,27-28H,2-3,6-10,12-14H2,1H3/t20?,21-/m0/s1. The molecule has 36 heavy (non-hydrogen) atoms. The summed E-state index contributed by atoms with van der Waals surface area (Å²) in [7, 11) is 1.70. The van der Waals surface area contributed by atoms with Crippen LogP contribution in [0.2, 0.25) is 0 Å². The lowest BCUT2D eigenvalue weighted by Crippen LogP contribution is -2.51. The summed E-state index contributed by atoms with van der Waals surface area (Å²) >= 11 is 1.72. The summed E-state index contributed by atoms with van der Waals surface area (Å²) < 4.78 is 14.8. The van der Waals surface area contributed by atoms with Crippen molar-refractivity contribution in [3.63, 3.8) is 0 Å². The Labute approximate surface area is 213 Å². The van der Waals surface area contributed by atoms with E-state index in [4.69, 9.17) is 0 Å². The maximum atomic E-state index is 14.8. The zero-order chi connectivity index (χ0) is 25.2. The van der Waals surface area contributed by atoms with E-state index in [1.165, 1.54) is 6.07 Å². The molecule has 2 fully saturated rings. The molecule has 3 amide bonds. The Hall–Kier alpha value is -2.79. The molecule has 0 aromatic heterocycles. The summed E-state index contributed by atoms with van der Waals surface area (Å²) in [5.41, 5.74) is 2.25. The van der Waals surface area contributed by atoms with Gasteiger partial charge in [-0.25, -0.2) is 4.39 Å². The zero-order valence-electron chi connectivity index (χ0n) is 20.3. The minimum atomic E-state index is -0.566. The number of likely N-dealkylation sites (tertiary alicyclic amines) is 1. The number of rotatable bonds is 5. The highest BCUT2D eigenvalue weighted by Crippen LogP contribution is 2.28. The average Bonchev–Trinajstić information content (AvgIpc) is 3.45. The molecule has 4 aliphatic heterocycles. The number of halogens is 1. The summed E-state index contributed by atoms with van der Waals surface area (Å²) in [6, 6.07) is 4.02. The van der Waals surface area contributed by atoms with Crippen molar-refractivity contribution in [1.82, 2.24) is 20.4 Å². The lowest BCUT2D eigenvalue weighted by molar-refractivity contribution is -0.134. The smallest absolute Gasteiger partial charge is 0.292 e. The van der Waals surface area contributed by atoms with E-state index >= 15 is 0 Å². The SMILES string of the molecule is CN(C(=O)c1cc(CC2N=NC(=O)C3=C2NCCC3)ccc1F)C1CCN(C(=O)[C@@H]2CSCN2)CC1. The lowest BCUT2D eigenvalue weighted by Gasteiger charge is -2.37. The van der Waals surface area contributed by atoms with Crippen LogP contribution in [0.5, 0.6) is 0 Å². The molecule has 5 rings (SSSR count). The lowest BCUT2D eigenvalue weighted by atomic mass is 9.93. The summed E-state index contributed by atoms with van der Waals surface area (Å²) in [5, 5.41) is 14.5. The fraction of sp³-hybridized carbons (Fsp3) is 0.560. The molecule has 11 heteroatoms. The third kappa shape index (κ3) is 5.04. The van der Waals surface area contributed by atoms with Gasteiger partial charge in [-0.1, -0.05) is 6.07 Å². The van der Waals surface area contributed by atoms with Crippen LogP contribution in [0.3, 0.4) is 0 Å². The van der Waals surface area contributed by atoms with Crippen LogP contribution in [0, 0.1) is 5.82 Å². The van der Waals surface area contributed by atoms with E-state index in [1.54, 1.807) is 35.8 Å². The second-order valence-corrected chi connectivity index (χ2v) is 10.8. The van der Waals surface area contributed by atoms with Crippen molar-refractivity contribution in [2.45, 2.75) is 50.2 Å². The Morgan fingerprint density at radius 2 is 2.08 bits per heavy atom. The van der Waals surface area contributed by atoms with Gasteiger partial charge < -0.3 is 15.1 Å². The molecule has 0 bridgehead atoms. The van der Waals surface area contributed by atoms with Crippen LogP contribution in [-0.4, -0.2) is 84.0 Å². The third-order valence-electron chi connectivity index (χ3n) is 7.47. The van der Waals surface area contributed by atoms with Crippen molar-refractivity contribution < 1.29 is 18.8 Å². The molecule has 0 aliphatic carbocycles. The van der Waals surface area contributed by atoms with Gasteiger partial charge in [-0.2, -0.15) is 5.11 Å². The molecule has 4 aliphatic rings. The normalized spacial score (nSPS) is 24.5. The molecular weight excluding hydrogens is 483 g/mol. The minimum absolute atomic E-state index is 0.0234. The highest BCUT2D eigenvalue weighted by Gasteiger charge is 2.33. The summed E-state index contributed by atoms with van der Waals surface area (Å²) in [4.78, 5) is 41.5. The van der Waals surface area contributed by atoms with Gasteiger partial charge in [0.25, 0.3) is 11.8 Å². The predicted molar refractivity (Wildman–Crippen MR) is 134 cm³/mol. The first-order chi connectivity index (χ1) is 17.4. The quantitative estimate of drug-likeness (QED) is 0.623. The van der Waals surface area contributed by atoms with Gasteiger partial charge in [-0.15, -0.1) is 16.9 Å². The summed E-state index contributed by atoms with van der Waals surface area (Å²) in [6.45, 7) is 1.95. The molecule has 0 saturated carbocycles. The molecular formula is C25H31FN6O3S. The number of hydrogen-bond donors (Lipinski definition) is 2. The van der Waals surface area contributed by atoms with Crippen LogP contribution >= 0.6 is 11.8 Å². The van der Waals surface area contributed by atoms with E-state index in [9.17, 15) is 18.8 Å². The van der Waals surface area contributed by atoms with Crippen LogP contribution < -0.4 is 10.6 Å². The van der Waals surface area contributed by atoms with Gasteiger partial charge >= 0.3 is 0 Å². The second kappa shape index (κ2) is 10.7. The number of amides is 3. The van der Waals surface area contributed by atoms with Crippen molar-refractivity contribution in [1.29, 1.82) is 0 Å². The van der Waals surface area contributed by atoms with Gasteiger partial charge in [0.2, 0.25) is 5.91 Å². The van der Waals surface area contributed by atoms with Crippen molar-refractivity contribution in [2.75, 3.05) is 38.3 Å². The molecule has 192 valence electrons. The van der Waals surface area contributed by atoms with Crippen LogP contribution in [0.1, 0.15) is 41.6 Å². The van der Waals surface area contributed by atoms with Gasteiger partial charge in [0, 0.05) is 62.0 Å². The summed E-state index contributed by atoms with van der Waals surface area (Å²) in [6.07, 6.45) is 3.29. The first kappa shape index (κ1) is 24.9. The highest BCUT2D eigenvalue weighted by atomic mass is 32.2. The van der Waals surface area contributed by atoms with E-state index < -0.39 is 5.82 Å². The third-order valence-corrected chi connectivity index (χ3v) is 8.41. The number of hydrogen-bond acceptors (Lipinski definition) is 7. The minimum Gasteiger partial charge on any atom is -0.386 e. The van der Waals surface area contributed by atoms with Gasteiger partial charge in [0.15, 0.2) is 0 Å². The predicted octanol–water partition coefficient (Wildman–Crippen LogP) is 2.09. The van der Waals surface area contributed by atoms with E-state index in [0.717, 1.165) is 35.9 Å². The molecule has 1 aromatic carbocycles. The number of thioether (sulfide) groups is 1. The molecule has 9 nitrogen and oxygen atoms in total. The average molecular weight is 515 g/mol. The number of nitrogens with one attached hydrogen (secondary N) is 2. The van der Waals surface area contributed by atoms with Crippen LogP contribution in [-0.2, 0) is 16.0 Å². The van der Waals surface area contributed by atoms with Crippen LogP contribution in [0.4, 0.5) is 4.39 Å². The molecule has 4 heterocycles. The first-order valence-corrected chi connectivity index (χ1v) is 13.7. The van der Waals surface area contributed by atoms with Gasteiger partial charge in [0.05, 0.1) is 11.6 Å². The Morgan fingerprint density at radius 3 is 2.83 bits per heavy atom. The Balaban J connectivity index is 1.24. The second-order valence-electron chi connectivity index (χ2n) is 9.72. The van der Waals surface area contributed by atoms with Crippen molar-refractivity contribution in [2.24, 2.45) is 10.2 Å². The number of nitrogens with zero attached hydrogens (tertiary/aromatic N) is 4. The topological polar surface area (TPSA) is 106 Å². The van der Waals surface area contributed by atoms with Gasteiger partial charge in [-0.05, 0) is 43.4 Å². The van der Waals surface area contributed by atoms with E-state index in [0.29, 0.717) is 44.3 Å². The molecule has 2 atom stereocenters. The fourth-order valence-electron chi connectivity index (χ4n) is 5.34. The molecule has 0 spiro atoms. The highest BCUT2D eigenvalue weighted by molar-refractivity contribution is 7.99. The fourth-order valence-corrected chi connectivity index (χ4v) is 6.28. The molecule has 1 aromatic rings. The van der Waals surface area contributed by atoms with E-state index in [2.05, 4.69) is 20.9 Å². The Kier molecular flexibility index (Phi) is 7.38. The van der Waals surface area contributed by atoms with E-state index in [1.807, 2.05) is 4.90 Å². The maximum Gasteiger partial charge on any atom is 0.292 e. The number of carbonyl (C=O) groups is 3. The summed E-state index contributed by atoms with van der Waals surface area (Å²) in [5.74, 6) is 0.481. The van der Waals surface area contributed by atoms with E-state index in [-0.39, 0.29) is 41.4 Å².